The molecule has 94 valence electrons. The Balaban J connectivity index is 2.00. The average Bonchev–Trinajstić information content (AvgIpc) is 2.89. The molecule has 0 radical (unpaired) electrons. The van der Waals surface area contributed by atoms with Crippen LogP contribution in [0.3, 0.4) is 0 Å². The van der Waals surface area contributed by atoms with Gasteiger partial charge in [0.05, 0.1) is 11.9 Å². The number of aromatic amines is 1. The molecule has 2 aromatic carbocycles. The van der Waals surface area contributed by atoms with Gasteiger partial charge in [0, 0.05) is 16.8 Å². The number of anilines is 1. The number of H-pyrrole nitrogens is 1. The van der Waals surface area contributed by atoms with Gasteiger partial charge < -0.3 is 10.7 Å². The largest absolute Gasteiger partial charge is 0.399 e. The zero-order chi connectivity index (χ0) is 13.2. The SMILES string of the molecule is Nc1ccc(-c2ncc(-c3ccccc3F)[nH]2)cc1. The van der Waals surface area contributed by atoms with Gasteiger partial charge in [-0.3, -0.25) is 0 Å². The molecule has 0 aliphatic heterocycles. The monoisotopic (exact) mass is 253 g/mol. The van der Waals surface area contributed by atoms with Crippen molar-refractivity contribution in [3.05, 3.63) is 60.5 Å². The molecule has 3 rings (SSSR count). The van der Waals surface area contributed by atoms with Crippen molar-refractivity contribution < 1.29 is 4.39 Å². The van der Waals surface area contributed by atoms with Crippen LogP contribution in [-0.4, -0.2) is 9.97 Å². The minimum Gasteiger partial charge on any atom is -0.399 e. The number of rotatable bonds is 2. The maximum Gasteiger partial charge on any atom is 0.137 e. The summed E-state index contributed by atoms with van der Waals surface area (Å²) in [7, 11) is 0. The molecular formula is C15H12FN3. The third-order valence-electron chi connectivity index (χ3n) is 2.92. The zero-order valence-corrected chi connectivity index (χ0v) is 10.1. The Kier molecular flexibility index (Phi) is 2.76. The Labute approximate surface area is 109 Å². The number of nitrogen functional groups attached to an aromatic ring is 1. The Morgan fingerprint density at radius 3 is 2.47 bits per heavy atom. The van der Waals surface area contributed by atoms with Crippen molar-refractivity contribution >= 4 is 5.69 Å². The van der Waals surface area contributed by atoms with Gasteiger partial charge in [-0.25, -0.2) is 9.37 Å². The molecule has 0 fully saturated rings. The highest BCUT2D eigenvalue weighted by Gasteiger charge is 2.08. The molecule has 0 atom stereocenters. The van der Waals surface area contributed by atoms with Crippen molar-refractivity contribution in [1.82, 2.24) is 9.97 Å². The van der Waals surface area contributed by atoms with Crippen LogP contribution < -0.4 is 5.73 Å². The van der Waals surface area contributed by atoms with Crippen molar-refractivity contribution in [2.24, 2.45) is 0 Å². The van der Waals surface area contributed by atoms with Crippen LogP contribution in [0.4, 0.5) is 10.1 Å². The lowest BCUT2D eigenvalue weighted by Gasteiger charge is -2.00. The van der Waals surface area contributed by atoms with Crippen molar-refractivity contribution in [1.29, 1.82) is 0 Å². The highest BCUT2D eigenvalue weighted by Crippen LogP contribution is 2.24. The number of nitrogens with one attached hydrogen (secondary N) is 1. The van der Waals surface area contributed by atoms with E-state index in [4.69, 9.17) is 5.73 Å². The average molecular weight is 253 g/mol. The Bertz CT molecular complexity index is 701. The van der Waals surface area contributed by atoms with Crippen LogP contribution in [-0.2, 0) is 0 Å². The molecule has 0 aliphatic carbocycles. The first-order chi connectivity index (χ1) is 9.24. The van der Waals surface area contributed by atoms with Crippen LogP contribution in [0.2, 0.25) is 0 Å². The summed E-state index contributed by atoms with van der Waals surface area (Å²) in [6.45, 7) is 0. The first-order valence-corrected chi connectivity index (χ1v) is 5.90. The number of imidazole rings is 1. The molecule has 0 saturated heterocycles. The molecule has 0 bridgehead atoms. The summed E-state index contributed by atoms with van der Waals surface area (Å²) >= 11 is 0. The number of hydrogen-bond acceptors (Lipinski definition) is 2. The Morgan fingerprint density at radius 2 is 1.74 bits per heavy atom. The fourth-order valence-electron chi connectivity index (χ4n) is 1.93. The normalized spacial score (nSPS) is 10.6. The van der Waals surface area contributed by atoms with E-state index in [0.29, 0.717) is 22.8 Å². The number of nitrogens with zero attached hydrogens (tertiary/aromatic N) is 1. The molecule has 19 heavy (non-hydrogen) atoms. The summed E-state index contributed by atoms with van der Waals surface area (Å²) in [5.41, 5.74) is 8.42. The minimum absolute atomic E-state index is 0.269. The van der Waals surface area contributed by atoms with Gasteiger partial charge in [0.25, 0.3) is 0 Å². The lowest BCUT2D eigenvalue weighted by Crippen LogP contribution is -1.86. The van der Waals surface area contributed by atoms with E-state index in [2.05, 4.69) is 9.97 Å². The maximum absolute atomic E-state index is 13.7. The maximum atomic E-state index is 13.7. The fraction of sp³-hybridized carbons (Fsp3) is 0. The van der Waals surface area contributed by atoms with E-state index in [1.165, 1.54) is 6.07 Å². The van der Waals surface area contributed by atoms with E-state index < -0.39 is 0 Å². The summed E-state index contributed by atoms with van der Waals surface area (Å²) < 4.78 is 13.7. The van der Waals surface area contributed by atoms with Crippen LogP contribution in [0.1, 0.15) is 0 Å². The van der Waals surface area contributed by atoms with Crippen molar-refractivity contribution in [2.45, 2.75) is 0 Å². The van der Waals surface area contributed by atoms with Gasteiger partial charge in [-0.2, -0.15) is 0 Å². The van der Waals surface area contributed by atoms with E-state index >= 15 is 0 Å². The predicted octanol–water partition coefficient (Wildman–Crippen LogP) is 3.47. The molecule has 3 N–H and O–H groups in total. The van der Waals surface area contributed by atoms with Gasteiger partial charge in [-0.05, 0) is 36.4 Å². The van der Waals surface area contributed by atoms with Crippen LogP contribution in [0, 0.1) is 5.82 Å². The smallest absolute Gasteiger partial charge is 0.137 e. The molecule has 0 amide bonds. The number of aromatic nitrogens is 2. The van der Waals surface area contributed by atoms with E-state index in [0.717, 1.165) is 5.56 Å². The van der Waals surface area contributed by atoms with E-state index in [-0.39, 0.29) is 5.82 Å². The molecular weight excluding hydrogens is 241 g/mol. The van der Waals surface area contributed by atoms with Gasteiger partial charge in [-0.15, -0.1) is 0 Å². The van der Waals surface area contributed by atoms with Crippen LogP contribution in [0.25, 0.3) is 22.6 Å². The molecule has 0 unspecified atom stereocenters. The molecule has 4 heteroatoms. The molecule has 3 aromatic rings. The van der Waals surface area contributed by atoms with Gasteiger partial charge in [0.15, 0.2) is 0 Å². The lowest BCUT2D eigenvalue weighted by atomic mass is 10.1. The van der Waals surface area contributed by atoms with E-state index in [1.54, 1.807) is 36.5 Å². The van der Waals surface area contributed by atoms with Gasteiger partial charge >= 0.3 is 0 Å². The number of hydrogen-bond donors (Lipinski definition) is 2. The van der Waals surface area contributed by atoms with Gasteiger partial charge in [-0.1, -0.05) is 12.1 Å². The third kappa shape index (κ3) is 2.20. The summed E-state index contributed by atoms with van der Waals surface area (Å²) in [6.07, 6.45) is 1.63. The topological polar surface area (TPSA) is 54.7 Å². The number of benzene rings is 2. The zero-order valence-electron chi connectivity index (χ0n) is 10.1. The molecule has 1 aromatic heterocycles. The van der Waals surface area contributed by atoms with Crippen molar-refractivity contribution in [3.63, 3.8) is 0 Å². The third-order valence-corrected chi connectivity index (χ3v) is 2.92. The van der Waals surface area contributed by atoms with Gasteiger partial charge in [0.2, 0.25) is 0 Å². The van der Waals surface area contributed by atoms with Crippen LogP contribution in [0.15, 0.2) is 54.7 Å². The molecule has 0 aliphatic rings. The summed E-state index contributed by atoms with van der Waals surface area (Å²) in [6, 6.07) is 14.0. The standard InChI is InChI=1S/C15H12FN3/c16-13-4-2-1-3-12(13)14-9-18-15(19-14)10-5-7-11(17)8-6-10/h1-9H,17H2,(H,18,19). The molecule has 3 nitrogen and oxygen atoms in total. The summed E-state index contributed by atoms with van der Waals surface area (Å²) in [5.74, 6) is 0.424. The van der Waals surface area contributed by atoms with E-state index in [1.807, 2.05) is 12.1 Å². The van der Waals surface area contributed by atoms with Gasteiger partial charge in [0.1, 0.15) is 11.6 Å². The Hall–Kier alpha value is -2.62. The van der Waals surface area contributed by atoms with Crippen molar-refractivity contribution in [2.75, 3.05) is 5.73 Å². The highest BCUT2D eigenvalue weighted by molar-refractivity contribution is 5.65. The number of halogens is 1. The second kappa shape index (κ2) is 4.57. The summed E-state index contributed by atoms with van der Waals surface area (Å²) in [5, 5.41) is 0. The molecule has 0 saturated carbocycles. The summed E-state index contributed by atoms with van der Waals surface area (Å²) in [4.78, 5) is 7.38. The minimum atomic E-state index is -0.269. The first-order valence-electron chi connectivity index (χ1n) is 5.90. The highest BCUT2D eigenvalue weighted by atomic mass is 19.1. The first kappa shape index (κ1) is 11.5. The Morgan fingerprint density at radius 1 is 1.00 bits per heavy atom. The fourth-order valence-corrected chi connectivity index (χ4v) is 1.93. The number of nitrogens with two attached hydrogens (primary N) is 1. The molecule has 0 spiro atoms. The second-order valence-electron chi connectivity index (χ2n) is 4.25. The predicted molar refractivity (Wildman–Crippen MR) is 73.8 cm³/mol. The lowest BCUT2D eigenvalue weighted by molar-refractivity contribution is 0.631. The van der Waals surface area contributed by atoms with Crippen LogP contribution >= 0.6 is 0 Å². The quantitative estimate of drug-likeness (QED) is 0.687. The van der Waals surface area contributed by atoms with E-state index in [9.17, 15) is 4.39 Å². The molecule has 1 heterocycles. The second-order valence-corrected chi connectivity index (χ2v) is 4.25. The van der Waals surface area contributed by atoms with Crippen LogP contribution in [0.5, 0.6) is 0 Å². The van der Waals surface area contributed by atoms with Crippen molar-refractivity contribution in [3.8, 4) is 22.6 Å².